The van der Waals surface area contributed by atoms with Crippen LogP contribution in [0.1, 0.15) is 18.7 Å². The number of nitrogens with zero attached hydrogens (tertiary/aromatic N) is 3. The summed E-state index contributed by atoms with van der Waals surface area (Å²) in [5.41, 5.74) is 1.00. The number of hydrogen-bond acceptors (Lipinski definition) is 4. The van der Waals surface area contributed by atoms with Crippen molar-refractivity contribution in [3.63, 3.8) is 0 Å². The Balaban J connectivity index is 1.74. The van der Waals surface area contributed by atoms with E-state index in [-0.39, 0.29) is 0 Å². The minimum atomic E-state index is 0.680. The molecule has 1 aliphatic heterocycles. The molecular formula is C13H15N3O. The van der Waals surface area contributed by atoms with Crippen molar-refractivity contribution in [2.45, 2.75) is 19.4 Å². The van der Waals surface area contributed by atoms with E-state index < -0.39 is 0 Å². The van der Waals surface area contributed by atoms with Gasteiger partial charge in [-0.25, -0.2) is 0 Å². The Bertz CT molecular complexity index is 474. The molecule has 0 atom stereocenters. The maximum Gasteiger partial charge on any atom is 0.241 e. The van der Waals surface area contributed by atoms with Gasteiger partial charge in [-0.3, -0.25) is 4.90 Å². The van der Waals surface area contributed by atoms with E-state index in [2.05, 4.69) is 15.0 Å². The van der Waals surface area contributed by atoms with Gasteiger partial charge < -0.3 is 4.52 Å². The second-order valence-electron chi connectivity index (χ2n) is 4.36. The molecule has 0 bridgehead atoms. The van der Waals surface area contributed by atoms with Crippen LogP contribution < -0.4 is 0 Å². The molecule has 0 spiro atoms. The van der Waals surface area contributed by atoms with E-state index in [1.54, 1.807) is 0 Å². The van der Waals surface area contributed by atoms with Crippen molar-refractivity contribution in [1.29, 1.82) is 0 Å². The van der Waals surface area contributed by atoms with Crippen LogP contribution in [0.25, 0.3) is 11.4 Å². The Morgan fingerprint density at radius 1 is 1.12 bits per heavy atom. The minimum absolute atomic E-state index is 0.680. The van der Waals surface area contributed by atoms with Gasteiger partial charge in [-0.1, -0.05) is 35.5 Å². The third-order valence-corrected chi connectivity index (χ3v) is 3.06. The van der Waals surface area contributed by atoms with Crippen molar-refractivity contribution in [3.05, 3.63) is 36.2 Å². The lowest BCUT2D eigenvalue weighted by Gasteiger charge is -2.09. The van der Waals surface area contributed by atoms with Crippen LogP contribution in [0.4, 0.5) is 0 Å². The third-order valence-electron chi connectivity index (χ3n) is 3.06. The van der Waals surface area contributed by atoms with Crippen LogP contribution in [0.5, 0.6) is 0 Å². The van der Waals surface area contributed by atoms with Gasteiger partial charge in [-0.2, -0.15) is 4.98 Å². The van der Waals surface area contributed by atoms with E-state index in [0.717, 1.165) is 25.2 Å². The summed E-state index contributed by atoms with van der Waals surface area (Å²) in [5, 5.41) is 4.02. The van der Waals surface area contributed by atoms with Crippen molar-refractivity contribution in [2.24, 2.45) is 0 Å². The van der Waals surface area contributed by atoms with Crippen molar-refractivity contribution in [1.82, 2.24) is 15.0 Å². The van der Waals surface area contributed by atoms with Gasteiger partial charge in [0.25, 0.3) is 0 Å². The molecule has 0 N–H and O–H groups in total. The fraction of sp³-hybridized carbons (Fsp3) is 0.385. The van der Waals surface area contributed by atoms with E-state index in [0.29, 0.717) is 11.7 Å². The molecule has 1 aliphatic rings. The third kappa shape index (κ3) is 2.36. The minimum Gasteiger partial charge on any atom is -0.338 e. The van der Waals surface area contributed by atoms with Gasteiger partial charge >= 0.3 is 0 Å². The highest BCUT2D eigenvalue weighted by Crippen LogP contribution is 2.17. The Labute approximate surface area is 100 Å². The Morgan fingerprint density at radius 3 is 2.65 bits per heavy atom. The van der Waals surface area contributed by atoms with Gasteiger partial charge in [0.05, 0.1) is 6.54 Å². The lowest BCUT2D eigenvalue weighted by atomic mass is 10.2. The zero-order valence-electron chi connectivity index (χ0n) is 9.67. The SMILES string of the molecule is c1ccc(-c2noc(CN3CCCC3)n2)cc1. The van der Waals surface area contributed by atoms with E-state index in [9.17, 15) is 0 Å². The molecule has 4 heteroatoms. The molecule has 1 aromatic carbocycles. The van der Waals surface area contributed by atoms with Gasteiger partial charge in [0.15, 0.2) is 0 Å². The molecule has 2 aromatic rings. The van der Waals surface area contributed by atoms with Crippen molar-refractivity contribution in [2.75, 3.05) is 13.1 Å². The van der Waals surface area contributed by atoms with E-state index >= 15 is 0 Å². The molecule has 17 heavy (non-hydrogen) atoms. The first-order valence-corrected chi connectivity index (χ1v) is 6.02. The zero-order valence-corrected chi connectivity index (χ0v) is 9.67. The summed E-state index contributed by atoms with van der Waals surface area (Å²) < 4.78 is 5.28. The van der Waals surface area contributed by atoms with Crippen molar-refractivity contribution >= 4 is 0 Å². The highest BCUT2D eigenvalue weighted by molar-refractivity contribution is 5.53. The molecule has 0 amide bonds. The van der Waals surface area contributed by atoms with Gasteiger partial charge in [0.1, 0.15) is 0 Å². The van der Waals surface area contributed by atoms with E-state index in [1.807, 2.05) is 30.3 Å². The summed E-state index contributed by atoms with van der Waals surface area (Å²) in [5.74, 6) is 1.39. The lowest BCUT2D eigenvalue weighted by molar-refractivity contribution is 0.268. The molecule has 88 valence electrons. The quantitative estimate of drug-likeness (QED) is 0.810. The van der Waals surface area contributed by atoms with Crippen LogP contribution in [0.15, 0.2) is 34.9 Å². The lowest BCUT2D eigenvalue weighted by Crippen LogP contribution is -2.18. The predicted octanol–water partition coefficient (Wildman–Crippen LogP) is 2.33. The highest BCUT2D eigenvalue weighted by atomic mass is 16.5. The smallest absolute Gasteiger partial charge is 0.241 e. The van der Waals surface area contributed by atoms with Gasteiger partial charge in [0, 0.05) is 5.56 Å². The monoisotopic (exact) mass is 229 g/mol. The number of rotatable bonds is 3. The van der Waals surface area contributed by atoms with E-state index in [4.69, 9.17) is 4.52 Å². The number of benzene rings is 1. The number of aromatic nitrogens is 2. The topological polar surface area (TPSA) is 42.2 Å². The van der Waals surface area contributed by atoms with Gasteiger partial charge in [-0.05, 0) is 25.9 Å². The Morgan fingerprint density at radius 2 is 1.88 bits per heavy atom. The first kappa shape index (κ1) is 10.5. The molecule has 4 nitrogen and oxygen atoms in total. The van der Waals surface area contributed by atoms with Crippen LogP contribution in [0.2, 0.25) is 0 Å². The first-order valence-electron chi connectivity index (χ1n) is 6.02. The predicted molar refractivity (Wildman–Crippen MR) is 64.2 cm³/mol. The van der Waals surface area contributed by atoms with Crippen LogP contribution >= 0.6 is 0 Å². The van der Waals surface area contributed by atoms with Crippen LogP contribution in [0, 0.1) is 0 Å². The zero-order chi connectivity index (χ0) is 11.5. The summed E-state index contributed by atoms with van der Waals surface area (Å²) in [6.07, 6.45) is 2.55. The normalized spacial score (nSPS) is 16.5. The van der Waals surface area contributed by atoms with Crippen LogP contribution in [-0.4, -0.2) is 28.1 Å². The molecule has 1 fully saturated rings. The second-order valence-corrected chi connectivity index (χ2v) is 4.36. The Kier molecular flexibility index (Phi) is 2.88. The second kappa shape index (κ2) is 4.67. The summed E-state index contributed by atoms with van der Waals surface area (Å²) in [6.45, 7) is 3.06. The van der Waals surface area contributed by atoms with E-state index in [1.165, 1.54) is 12.8 Å². The van der Waals surface area contributed by atoms with Gasteiger partial charge in [-0.15, -0.1) is 0 Å². The molecule has 0 aliphatic carbocycles. The maximum atomic E-state index is 5.28. The fourth-order valence-electron chi connectivity index (χ4n) is 2.16. The van der Waals surface area contributed by atoms with Crippen LogP contribution in [0.3, 0.4) is 0 Å². The average Bonchev–Trinajstić information content (AvgIpc) is 3.02. The maximum absolute atomic E-state index is 5.28. The summed E-state index contributed by atoms with van der Waals surface area (Å²) >= 11 is 0. The number of likely N-dealkylation sites (tertiary alicyclic amines) is 1. The first-order chi connectivity index (χ1) is 8.42. The Hall–Kier alpha value is -1.68. The number of hydrogen-bond donors (Lipinski definition) is 0. The molecule has 0 radical (unpaired) electrons. The van der Waals surface area contributed by atoms with Gasteiger partial charge in [0.2, 0.25) is 11.7 Å². The van der Waals surface area contributed by atoms with Crippen LogP contribution in [-0.2, 0) is 6.54 Å². The summed E-state index contributed by atoms with van der Waals surface area (Å²) in [6, 6.07) is 9.92. The summed E-state index contributed by atoms with van der Waals surface area (Å²) in [4.78, 5) is 6.77. The van der Waals surface area contributed by atoms with Crippen molar-refractivity contribution < 1.29 is 4.52 Å². The highest BCUT2D eigenvalue weighted by Gasteiger charge is 2.15. The van der Waals surface area contributed by atoms with Crippen molar-refractivity contribution in [3.8, 4) is 11.4 Å². The standard InChI is InChI=1S/C13H15N3O/c1-2-6-11(7-3-1)13-14-12(17-15-13)10-16-8-4-5-9-16/h1-3,6-7H,4-5,8-10H2. The fourth-order valence-corrected chi connectivity index (χ4v) is 2.16. The molecule has 3 rings (SSSR count). The molecule has 0 unspecified atom stereocenters. The molecule has 0 saturated carbocycles. The largest absolute Gasteiger partial charge is 0.338 e. The summed E-state index contributed by atoms with van der Waals surface area (Å²) in [7, 11) is 0. The molecule has 1 aromatic heterocycles. The molecule has 2 heterocycles. The average molecular weight is 229 g/mol. The molecule has 1 saturated heterocycles. The molecular weight excluding hydrogens is 214 g/mol.